The number of hydrogen-bond donors (Lipinski definition) is 0. The largest absolute Gasteiger partial charge is 0.491 e. The monoisotopic (exact) mass is 844 g/mol. The van der Waals surface area contributed by atoms with Crippen LogP contribution in [0.15, 0.2) is 84.9 Å². The summed E-state index contributed by atoms with van der Waals surface area (Å²) in [4.78, 5) is 10.7. The number of benzene rings is 3. The maximum atomic E-state index is 10.7. The van der Waals surface area contributed by atoms with Crippen LogP contribution in [0.3, 0.4) is 0 Å². The summed E-state index contributed by atoms with van der Waals surface area (Å²) in [6, 6.07) is 28.2. The fourth-order valence-corrected chi connectivity index (χ4v) is 10.5. The van der Waals surface area contributed by atoms with Crippen molar-refractivity contribution in [2.24, 2.45) is 0 Å². The van der Waals surface area contributed by atoms with Gasteiger partial charge in [-0.25, -0.2) is 0 Å². The lowest BCUT2D eigenvalue weighted by atomic mass is 10.2. The lowest BCUT2D eigenvalue weighted by Gasteiger charge is -2.43. The molecule has 330 valence electrons. The molecule has 0 amide bonds. The first-order valence-electron chi connectivity index (χ1n) is 20.7. The molecule has 59 heavy (non-hydrogen) atoms. The van der Waals surface area contributed by atoms with E-state index >= 15 is 0 Å². The maximum absolute atomic E-state index is 10.7. The Kier molecular flexibility index (Phi) is 27.8. The van der Waals surface area contributed by atoms with Crippen molar-refractivity contribution in [3.8, 4) is 5.75 Å². The van der Waals surface area contributed by atoms with E-state index in [9.17, 15) is 4.79 Å². The first kappa shape index (κ1) is 50.3. The summed E-state index contributed by atoms with van der Waals surface area (Å²) in [5.74, 6) is 0.703. The Morgan fingerprint density at radius 3 is 0.966 bits per heavy atom. The molecule has 0 saturated carbocycles. The third-order valence-corrected chi connectivity index (χ3v) is 13.9. The molecule has 0 saturated heterocycles. The van der Waals surface area contributed by atoms with Gasteiger partial charge in [0.2, 0.25) is 0 Å². The lowest BCUT2D eigenvalue weighted by molar-refractivity contribution is -0.0270. The molecule has 0 aromatic heterocycles. The summed E-state index contributed by atoms with van der Waals surface area (Å²) < 4.78 is 68.1. The van der Waals surface area contributed by atoms with Crippen molar-refractivity contribution < 1.29 is 61.3 Å². The predicted octanol–water partition coefficient (Wildman–Crippen LogP) is 4.62. The number of aldehydes is 1. The molecule has 0 atom stereocenters. The topological polar surface area (TPSA) is 128 Å². The average Bonchev–Trinajstić information content (AvgIpc) is 3.25. The van der Waals surface area contributed by atoms with Crippen LogP contribution in [0.5, 0.6) is 5.75 Å². The minimum Gasteiger partial charge on any atom is -0.491 e. The van der Waals surface area contributed by atoms with E-state index in [1.54, 1.807) is 24.3 Å². The average molecular weight is 845 g/mol. The zero-order valence-corrected chi connectivity index (χ0v) is 36.5. The maximum Gasteiger partial charge on any atom is 0.261 e. The third kappa shape index (κ3) is 21.8. The first-order chi connectivity index (χ1) is 29.0. The van der Waals surface area contributed by atoms with Crippen LogP contribution >= 0.6 is 0 Å². The molecule has 0 unspecified atom stereocenters. The van der Waals surface area contributed by atoms with Crippen LogP contribution in [0.4, 0.5) is 0 Å². The highest BCUT2D eigenvalue weighted by Gasteiger charge is 2.50. The van der Waals surface area contributed by atoms with Crippen molar-refractivity contribution in [2.45, 2.75) is 25.8 Å². The van der Waals surface area contributed by atoms with Gasteiger partial charge in [-0.3, -0.25) is 4.79 Å². The van der Waals surface area contributed by atoms with E-state index in [4.69, 9.17) is 56.5 Å². The molecule has 0 heterocycles. The summed E-state index contributed by atoms with van der Waals surface area (Å²) in [6.45, 7) is 17.6. The van der Waals surface area contributed by atoms with Crippen LogP contribution in [0.1, 0.15) is 31.1 Å². The van der Waals surface area contributed by atoms with E-state index < -0.39 is 8.32 Å². The van der Waals surface area contributed by atoms with Crippen molar-refractivity contribution in [1.29, 1.82) is 0 Å². The van der Waals surface area contributed by atoms with E-state index in [1.165, 1.54) is 10.4 Å². The van der Waals surface area contributed by atoms with Crippen molar-refractivity contribution in [2.75, 3.05) is 145 Å². The summed E-state index contributed by atoms with van der Waals surface area (Å²) in [5, 5.41) is 2.47. The van der Waals surface area contributed by atoms with Crippen molar-refractivity contribution in [3.05, 3.63) is 90.5 Å². The fraction of sp³-hybridized carbons (Fsp3) is 0.578. The molecule has 0 fully saturated rings. The van der Waals surface area contributed by atoms with E-state index in [2.05, 4.69) is 81.4 Å². The highest BCUT2D eigenvalue weighted by atomic mass is 28.4. The standard InChI is InChI=1S/C45H68O13Si/c1-45(2,3)59(43-10-6-4-7-11-43,44-12-8-5-9-13-44)58-39-37-56-35-33-54-31-29-52-27-25-50-23-21-48-19-18-47-20-22-49-24-26-51-28-30-53-32-34-55-36-38-57-42-16-14-41(40-46)15-17-42/h4-17,40H,18-39H2,1-3H3. The van der Waals surface area contributed by atoms with Crippen molar-refractivity contribution in [1.82, 2.24) is 0 Å². The number of carbonyl (C=O) groups is 1. The number of rotatable bonds is 38. The Morgan fingerprint density at radius 1 is 0.390 bits per heavy atom. The molecular weight excluding hydrogens is 777 g/mol. The molecule has 0 N–H and O–H groups in total. The smallest absolute Gasteiger partial charge is 0.261 e. The SMILES string of the molecule is CC(C)(C)[Si](OCCOCCOCCOCCOCCOCCOCCOCCOCCOCCOCCOc1ccc(C=O)cc1)(c1ccccc1)c1ccccc1. The Hall–Kier alpha value is -3.09. The van der Waals surface area contributed by atoms with Gasteiger partial charge in [-0.15, -0.1) is 0 Å². The number of ether oxygens (including phenoxy) is 11. The van der Waals surface area contributed by atoms with E-state index in [0.717, 1.165) is 6.29 Å². The van der Waals surface area contributed by atoms with E-state index in [1.807, 2.05) is 0 Å². The minimum atomic E-state index is -2.55. The van der Waals surface area contributed by atoms with Crippen molar-refractivity contribution in [3.63, 3.8) is 0 Å². The molecule has 14 heteroatoms. The van der Waals surface area contributed by atoms with E-state index in [0.29, 0.717) is 157 Å². The molecule has 0 bridgehead atoms. The molecule has 0 aliphatic heterocycles. The summed E-state index contributed by atoms with van der Waals surface area (Å²) >= 11 is 0. The third-order valence-electron chi connectivity index (χ3n) is 8.82. The van der Waals surface area contributed by atoms with Crippen LogP contribution < -0.4 is 15.1 Å². The van der Waals surface area contributed by atoms with Crippen molar-refractivity contribution >= 4 is 25.0 Å². The van der Waals surface area contributed by atoms with Crippen LogP contribution in [0.25, 0.3) is 0 Å². The Bertz CT molecular complexity index is 1370. The van der Waals surface area contributed by atoms with Gasteiger partial charge in [-0.2, -0.15) is 0 Å². The zero-order valence-electron chi connectivity index (χ0n) is 35.5. The summed E-state index contributed by atoms with van der Waals surface area (Å²) in [5.41, 5.74) is 0.617. The molecule has 0 aliphatic rings. The highest BCUT2D eigenvalue weighted by molar-refractivity contribution is 6.99. The minimum absolute atomic E-state index is 0.0613. The summed E-state index contributed by atoms with van der Waals surface area (Å²) in [7, 11) is -2.55. The highest BCUT2D eigenvalue weighted by Crippen LogP contribution is 2.36. The van der Waals surface area contributed by atoms with E-state index in [-0.39, 0.29) is 5.04 Å². The van der Waals surface area contributed by atoms with Gasteiger partial charge in [0.25, 0.3) is 8.32 Å². The predicted molar refractivity (Wildman–Crippen MR) is 229 cm³/mol. The second-order valence-electron chi connectivity index (χ2n) is 14.2. The first-order valence-corrected chi connectivity index (χ1v) is 22.6. The van der Waals surface area contributed by atoms with Crippen LogP contribution in [-0.2, 0) is 51.8 Å². The second-order valence-corrected chi connectivity index (χ2v) is 18.5. The Morgan fingerprint density at radius 2 is 0.678 bits per heavy atom. The van der Waals surface area contributed by atoms with Gasteiger partial charge in [-0.05, 0) is 39.7 Å². The zero-order chi connectivity index (χ0) is 42.0. The van der Waals surface area contributed by atoms with Gasteiger partial charge in [-0.1, -0.05) is 81.4 Å². The molecule has 3 aromatic carbocycles. The lowest BCUT2D eigenvalue weighted by Crippen LogP contribution is -2.66. The van der Waals surface area contributed by atoms with Crippen LogP contribution in [0, 0.1) is 0 Å². The Balaban J connectivity index is 0.992. The van der Waals surface area contributed by atoms with Crippen LogP contribution in [0.2, 0.25) is 5.04 Å². The van der Waals surface area contributed by atoms with Gasteiger partial charge < -0.3 is 56.5 Å². The molecule has 13 nitrogen and oxygen atoms in total. The quantitative estimate of drug-likeness (QED) is 0.0453. The molecule has 0 radical (unpaired) electrons. The normalized spacial score (nSPS) is 11.9. The molecule has 3 aromatic rings. The van der Waals surface area contributed by atoms with Gasteiger partial charge in [0, 0.05) is 5.56 Å². The second kappa shape index (κ2) is 32.6. The van der Waals surface area contributed by atoms with Crippen LogP contribution in [-0.4, -0.2) is 160 Å². The molecule has 0 aliphatic carbocycles. The molecule has 3 rings (SSSR count). The Labute approximate surface area is 352 Å². The molecular formula is C45H68O13Si. The summed E-state index contributed by atoms with van der Waals surface area (Å²) in [6.07, 6.45) is 0.799. The number of carbonyl (C=O) groups excluding carboxylic acids is 1. The van der Waals surface area contributed by atoms with Gasteiger partial charge in [0.05, 0.1) is 139 Å². The fourth-order valence-electron chi connectivity index (χ4n) is 5.96. The molecule has 0 spiro atoms. The van der Waals surface area contributed by atoms with Gasteiger partial charge in [0.1, 0.15) is 18.6 Å². The van der Waals surface area contributed by atoms with Gasteiger partial charge in [0.15, 0.2) is 0 Å². The number of hydrogen-bond acceptors (Lipinski definition) is 13. The van der Waals surface area contributed by atoms with Gasteiger partial charge >= 0.3 is 0 Å².